The van der Waals surface area contributed by atoms with Crippen molar-refractivity contribution in [1.82, 2.24) is 24.8 Å². The predicted octanol–water partition coefficient (Wildman–Crippen LogP) is -0.0329. The van der Waals surface area contributed by atoms with Crippen molar-refractivity contribution in [1.29, 1.82) is 0 Å². The van der Waals surface area contributed by atoms with Gasteiger partial charge < -0.3 is 25.5 Å². The highest BCUT2D eigenvalue weighted by molar-refractivity contribution is 5.86. The molecule has 2 aromatic rings. The van der Waals surface area contributed by atoms with Gasteiger partial charge in [-0.2, -0.15) is 0 Å². The molecule has 0 radical (unpaired) electrons. The lowest BCUT2D eigenvalue weighted by molar-refractivity contribution is -0.154. The van der Waals surface area contributed by atoms with E-state index in [0.717, 1.165) is 0 Å². The van der Waals surface area contributed by atoms with Crippen LogP contribution >= 0.6 is 0 Å². The summed E-state index contributed by atoms with van der Waals surface area (Å²) < 4.78 is 6.82. The molecule has 3 heterocycles. The highest BCUT2D eigenvalue weighted by atomic mass is 16.5. The van der Waals surface area contributed by atoms with E-state index in [9.17, 15) is 14.7 Å². The SMILES string of the molecule is CC(C(=O)NCC1(C(=O)O)CCOCC1)n1cnc2c(N)ncnc21. The molecule has 1 aliphatic heterocycles. The Morgan fingerprint density at radius 1 is 1.40 bits per heavy atom. The zero-order chi connectivity index (χ0) is 18.0. The number of carbonyl (C=O) groups is 2. The Kier molecular flexibility index (Phi) is 4.53. The van der Waals surface area contributed by atoms with Gasteiger partial charge in [-0.05, 0) is 19.8 Å². The Bertz CT molecular complexity index is 798. The predicted molar refractivity (Wildman–Crippen MR) is 87.6 cm³/mol. The van der Waals surface area contributed by atoms with Gasteiger partial charge in [0.05, 0.1) is 11.7 Å². The number of carboxylic acid groups (broad SMARTS) is 1. The number of amides is 1. The second kappa shape index (κ2) is 6.63. The molecule has 134 valence electrons. The number of carbonyl (C=O) groups excluding carboxylic acids is 1. The molecule has 3 rings (SSSR count). The summed E-state index contributed by atoms with van der Waals surface area (Å²) in [5, 5.41) is 12.3. The number of anilines is 1. The summed E-state index contributed by atoms with van der Waals surface area (Å²) in [6, 6.07) is -0.620. The summed E-state index contributed by atoms with van der Waals surface area (Å²) in [4.78, 5) is 36.3. The molecule has 0 saturated carbocycles. The Labute approximate surface area is 143 Å². The van der Waals surface area contributed by atoms with Crippen LogP contribution in [0.1, 0.15) is 25.8 Å². The third kappa shape index (κ3) is 3.12. The third-order valence-corrected chi connectivity index (χ3v) is 4.69. The summed E-state index contributed by atoms with van der Waals surface area (Å²) in [6.45, 7) is 2.49. The summed E-state index contributed by atoms with van der Waals surface area (Å²) in [7, 11) is 0. The normalized spacial score (nSPS) is 18.0. The quantitative estimate of drug-likeness (QED) is 0.683. The number of ether oxygens (including phenoxy) is 1. The van der Waals surface area contributed by atoms with E-state index in [4.69, 9.17) is 10.5 Å². The van der Waals surface area contributed by atoms with Crippen LogP contribution in [0.2, 0.25) is 0 Å². The van der Waals surface area contributed by atoms with Crippen LogP contribution in [0.5, 0.6) is 0 Å². The van der Waals surface area contributed by atoms with E-state index in [0.29, 0.717) is 37.2 Å². The number of hydrogen-bond donors (Lipinski definition) is 3. The molecule has 1 unspecified atom stereocenters. The number of nitrogens with zero attached hydrogens (tertiary/aromatic N) is 4. The minimum atomic E-state index is -0.989. The number of nitrogens with two attached hydrogens (primary N) is 1. The van der Waals surface area contributed by atoms with E-state index >= 15 is 0 Å². The number of hydrogen-bond acceptors (Lipinski definition) is 7. The van der Waals surface area contributed by atoms with E-state index < -0.39 is 17.4 Å². The molecule has 10 nitrogen and oxygen atoms in total. The monoisotopic (exact) mass is 348 g/mol. The highest BCUT2D eigenvalue weighted by Gasteiger charge is 2.40. The molecule has 2 aromatic heterocycles. The fraction of sp³-hybridized carbons (Fsp3) is 0.533. The van der Waals surface area contributed by atoms with Crippen LogP contribution in [0, 0.1) is 5.41 Å². The second-order valence-corrected chi connectivity index (χ2v) is 6.17. The lowest BCUT2D eigenvalue weighted by atomic mass is 9.80. The van der Waals surface area contributed by atoms with Gasteiger partial charge in [0.25, 0.3) is 0 Å². The molecule has 1 aliphatic rings. The number of carboxylic acids is 1. The van der Waals surface area contributed by atoms with Gasteiger partial charge in [-0.1, -0.05) is 0 Å². The zero-order valence-corrected chi connectivity index (χ0v) is 13.8. The number of rotatable bonds is 5. The molecule has 0 aliphatic carbocycles. The van der Waals surface area contributed by atoms with Gasteiger partial charge in [0.15, 0.2) is 11.5 Å². The number of fused-ring (bicyclic) bond motifs is 1. The van der Waals surface area contributed by atoms with Crippen LogP contribution < -0.4 is 11.1 Å². The molecule has 4 N–H and O–H groups in total. The van der Waals surface area contributed by atoms with E-state index in [1.807, 2.05) is 0 Å². The lowest BCUT2D eigenvalue weighted by Gasteiger charge is -2.33. The minimum absolute atomic E-state index is 0.0542. The molecular formula is C15H20N6O4. The van der Waals surface area contributed by atoms with E-state index in [1.165, 1.54) is 12.7 Å². The average molecular weight is 348 g/mol. The van der Waals surface area contributed by atoms with Gasteiger partial charge in [-0.15, -0.1) is 0 Å². The smallest absolute Gasteiger partial charge is 0.311 e. The number of aliphatic carboxylic acids is 1. The van der Waals surface area contributed by atoms with Gasteiger partial charge >= 0.3 is 5.97 Å². The number of imidazole rings is 1. The molecular weight excluding hydrogens is 328 g/mol. The largest absolute Gasteiger partial charge is 0.481 e. The standard InChI is InChI=1S/C15H20N6O4/c1-9(21-8-20-10-11(16)18-7-19-12(10)21)13(22)17-6-15(14(23)24)2-4-25-5-3-15/h7-9H,2-6H2,1H3,(H,17,22)(H,23,24)(H2,16,18,19). The van der Waals surface area contributed by atoms with Crippen molar-refractivity contribution in [3.05, 3.63) is 12.7 Å². The Morgan fingerprint density at radius 3 is 2.80 bits per heavy atom. The van der Waals surface area contributed by atoms with Crippen LogP contribution in [0.15, 0.2) is 12.7 Å². The summed E-state index contributed by atoms with van der Waals surface area (Å²) in [5.41, 5.74) is 5.64. The van der Waals surface area contributed by atoms with Crippen molar-refractivity contribution in [2.75, 3.05) is 25.5 Å². The Morgan fingerprint density at radius 2 is 2.12 bits per heavy atom. The molecule has 0 spiro atoms. The second-order valence-electron chi connectivity index (χ2n) is 6.17. The first-order valence-corrected chi connectivity index (χ1v) is 7.96. The number of aromatic nitrogens is 4. The molecule has 1 amide bonds. The highest BCUT2D eigenvalue weighted by Crippen LogP contribution is 2.30. The number of nitrogens with one attached hydrogen (secondary N) is 1. The molecule has 1 atom stereocenters. The fourth-order valence-electron chi connectivity index (χ4n) is 2.91. The Hall–Kier alpha value is -2.75. The summed E-state index contributed by atoms with van der Waals surface area (Å²) >= 11 is 0. The molecule has 0 bridgehead atoms. The first-order chi connectivity index (χ1) is 11.9. The van der Waals surface area contributed by atoms with Gasteiger partial charge in [0, 0.05) is 19.8 Å². The average Bonchev–Trinajstić information content (AvgIpc) is 3.05. The van der Waals surface area contributed by atoms with E-state index in [2.05, 4.69) is 20.3 Å². The third-order valence-electron chi connectivity index (χ3n) is 4.69. The maximum atomic E-state index is 12.5. The van der Waals surface area contributed by atoms with Crippen molar-refractivity contribution >= 4 is 28.9 Å². The van der Waals surface area contributed by atoms with Gasteiger partial charge in [0.1, 0.15) is 17.9 Å². The fourth-order valence-corrected chi connectivity index (χ4v) is 2.91. The van der Waals surface area contributed by atoms with Gasteiger partial charge in [-0.3, -0.25) is 9.59 Å². The van der Waals surface area contributed by atoms with Gasteiger partial charge in [-0.25, -0.2) is 15.0 Å². The maximum absolute atomic E-state index is 12.5. The van der Waals surface area contributed by atoms with Gasteiger partial charge in [0.2, 0.25) is 5.91 Å². The van der Waals surface area contributed by atoms with Crippen LogP contribution in [0.25, 0.3) is 11.2 Å². The molecule has 0 aromatic carbocycles. The van der Waals surface area contributed by atoms with Crippen LogP contribution in [0.3, 0.4) is 0 Å². The first kappa shape index (κ1) is 17.1. The molecule has 1 fully saturated rings. The lowest BCUT2D eigenvalue weighted by Crippen LogP contribution is -2.47. The van der Waals surface area contributed by atoms with E-state index in [1.54, 1.807) is 11.5 Å². The van der Waals surface area contributed by atoms with Crippen LogP contribution in [0.4, 0.5) is 5.82 Å². The number of nitrogen functional groups attached to an aromatic ring is 1. The first-order valence-electron chi connectivity index (χ1n) is 7.96. The van der Waals surface area contributed by atoms with Crippen molar-refractivity contribution < 1.29 is 19.4 Å². The van der Waals surface area contributed by atoms with Crippen LogP contribution in [-0.2, 0) is 14.3 Å². The maximum Gasteiger partial charge on any atom is 0.311 e. The van der Waals surface area contributed by atoms with Crippen molar-refractivity contribution in [3.8, 4) is 0 Å². The summed E-state index contributed by atoms with van der Waals surface area (Å²) in [6.07, 6.45) is 3.52. The van der Waals surface area contributed by atoms with Crippen molar-refractivity contribution in [2.45, 2.75) is 25.8 Å². The summed E-state index contributed by atoms with van der Waals surface area (Å²) in [5.74, 6) is -0.996. The minimum Gasteiger partial charge on any atom is -0.481 e. The van der Waals surface area contributed by atoms with E-state index in [-0.39, 0.29) is 18.3 Å². The van der Waals surface area contributed by atoms with Crippen LogP contribution in [-0.4, -0.2) is 56.3 Å². The molecule has 10 heteroatoms. The molecule has 1 saturated heterocycles. The Balaban J connectivity index is 1.74. The van der Waals surface area contributed by atoms with Crippen molar-refractivity contribution in [2.24, 2.45) is 5.41 Å². The van der Waals surface area contributed by atoms with Crippen molar-refractivity contribution in [3.63, 3.8) is 0 Å². The molecule has 25 heavy (non-hydrogen) atoms. The zero-order valence-electron chi connectivity index (χ0n) is 13.8. The topological polar surface area (TPSA) is 145 Å².